The van der Waals surface area contributed by atoms with Gasteiger partial charge in [-0.1, -0.05) is 30.3 Å². The number of benzene rings is 2. The van der Waals surface area contributed by atoms with E-state index in [1.54, 1.807) is 12.1 Å². The number of nitrogens with two attached hydrogens (primary N) is 3. The van der Waals surface area contributed by atoms with Gasteiger partial charge in [0.25, 0.3) is 5.69 Å². The zero-order valence-electron chi connectivity index (χ0n) is 23.6. The zero-order valence-corrected chi connectivity index (χ0v) is 23.6. The Morgan fingerprint density at radius 1 is 1.07 bits per heavy atom. The van der Waals surface area contributed by atoms with Crippen molar-refractivity contribution in [3.8, 4) is 5.75 Å². The summed E-state index contributed by atoms with van der Waals surface area (Å²) in [5, 5.41) is 16.7. The van der Waals surface area contributed by atoms with Crippen LogP contribution < -0.4 is 32.6 Å². The topological polar surface area (TPSA) is 209 Å². The minimum Gasteiger partial charge on any atom is -0.406 e. The first-order valence-electron chi connectivity index (χ1n) is 13.3. The Labute approximate surface area is 246 Å². The Morgan fingerprint density at radius 2 is 1.70 bits per heavy atom. The highest BCUT2D eigenvalue weighted by molar-refractivity contribution is 5.92. The highest BCUT2D eigenvalue weighted by Crippen LogP contribution is 2.31. The molecule has 8 N–H and O–H groups in total. The van der Waals surface area contributed by atoms with Crippen LogP contribution in [0.15, 0.2) is 42.5 Å². The van der Waals surface area contributed by atoms with Gasteiger partial charge in [0.2, 0.25) is 17.7 Å². The van der Waals surface area contributed by atoms with Crippen LogP contribution in [0.3, 0.4) is 0 Å². The molecule has 0 bridgehead atoms. The molecule has 3 amide bonds. The van der Waals surface area contributed by atoms with Crippen LogP contribution in [0.5, 0.6) is 5.75 Å². The molecule has 0 spiro atoms. The van der Waals surface area contributed by atoms with Crippen molar-refractivity contribution in [3.63, 3.8) is 0 Å². The summed E-state index contributed by atoms with van der Waals surface area (Å²) >= 11 is 0. The first-order valence-corrected chi connectivity index (χ1v) is 13.3. The second-order valence-corrected chi connectivity index (χ2v) is 9.61. The Bertz CT molecular complexity index is 1260. The number of amides is 3. The molecule has 2 rings (SSSR count). The van der Waals surface area contributed by atoms with Gasteiger partial charge in [0.1, 0.15) is 11.8 Å². The summed E-state index contributed by atoms with van der Waals surface area (Å²) in [6.45, 7) is 1.72. The fraction of sp³-hybridized carbons (Fsp3) is 0.444. The normalized spacial score (nSPS) is 12.6. The van der Waals surface area contributed by atoms with Gasteiger partial charge in [-0.3, -0.25) is 24.5 Å². The van der Waals surface area contributed by atoms with Crippen molar-refractivity contribution in [3.05, 3.63) is 69.3 Å². The van der Waals surface area contributed by atoms with Gasteiger partial charge in [0.05, 0.1) is 29.0 Å². The lowest BCUT2D eigenvalue weighted by Gasteiger charge is -2.24. The van der Waals surface area contributed by atoms with Gasteiger partial charge < -0.3 is 37.5 Å². The van der Waals surface area contributed by atoms with E-state index in [1.807, 2.05) is 18.2 Å². The third-order valence-electron chi connectivity index (χ3n) is 6.37. The van der Waals surface area contributed by atoms with Crippen LogP contribution in [0.1, 0.15) is 29.5 Å². The summed E-state index contributed by atoms with van der Waals surface area (Å²) in [5.41, 5.74) is 17.2. The molecule has 0 saturated heterocycles. The Kier molecular flexibility index (Phi) is 13.3. The summed E-state index contributed by atoms with van der Waals surface area (Å²) < 4.78 is 41.8. The zero-order chi connectivity index (χ0) is 32.2. The van der Waals surface area contributed by atoms with Crippen molar-refractivity contribution in [2.75, 3.05) is 26.2 Å². The predicted molar refractivity (Wildman–Crippen MR) is 150 cm³/mol. The monoisotopic (exact) mass is 611 g/mol. The van der Waals surface area contributed by atoms with Gasteiger partial charge in [-0.05, 0) is 37.0 Å². The number of nitro benzene ring substituents is 1. The lowest BCUT2D eigenvalue weighted by atomic mass is 10.0. The number of rotatable bonds is 16. The summed E-state index contributed by atoms with van der Waals surface area (Å²) in [6.07, 6.45) is -4.96. The lowest BCUT2D eigenvalue weighted by Crippen LogP contribution is -2.53. The van der Waals surface area contributed by atoms with Gasteiger partial charge in [0, 0.05) is 32.7 Å². The number of nitro groups is 1. The Hall–Kier alpha value is -4.28. The lowest BCUT2D eigenvalue weighted by molar-refractivity contribution is -0.385. The molecule has 13 nitrogen and oxygen atoms in total. The molecule has 0 saturated carbocycles. The van der Waals surface area contributed by atoms with Crippen molar-refractivity contribution in [2.45, 2.75) is 51.2 Å². The number of nitrogens with zero attached hydrogens (tertiary/aromatic N) is 2. The largest absolute Gasteiger partial charge is 0.573 e. The van der Waals surface area contributed by atoms with E-state index in [0.717, 1.165) is 11.6 Å². The van der Waals surface area contributed by atoms with Crippen LogP contribution in [0.25, 0.3) is 0 Å². The van der Waals surface area contributed by atoms with Gasteiger partial charge >= 0.3 is 6.36 Å². The first kappa shape index (κ1) is 34.9. The number of halogens is 3. The molecule has 236 valence electrons. The van der Waals surface area contributed by atoms with Crippen molar-refractivity contribution in [1.29, 1.82) is 0 Å². The molecule has 0 aromatic heterocycles. The smallest absolute Gasteiger partial charge is 0.406 e. The summed E-state index contributed by atoms with van der Waals surface area (Å²) in [6, 6.07) is 8.16. The standard InChI is InChI=1S/C27H36F3N7O6/c1-17-13-19(43-27(28,29)30)14-23(37(41)42)20(17)16-34-26(40)22(8-7-18-5-3-2-4-6-18)35-25(39)21(33)15-24(38)36(11-9-31)12-10-32/h2-6,13-14,21-22H,7-12,15-16,31-33H2,1H3,(H,34,40)(H,35,39)/t21-,22-/m0/s1. The van der Waals surface area contributed by atoms with E-state index in [-0.39, 0.29) is 50.1 Å². The SMILES string of the molecule is Cc1cc(OC(F)(F)F)cc([N+](=O)[O-])c1CNC(=O)[C@H](CCc1ccccc1)NC(=O)[C@@H](N)CC(=O)N(CCN)CCN. The highest BCUT2D eigenvalue weighted by Gasteiger charge is 2.33. The van der Waals surface area contributed by atoms with Crippen molar-refractivity contribution >= 4 is 23.4 Å². The van der Waals surface area contributed by atoms with Crippen LogP contribution >= 0.6 is 0 Å². The average molecular weight is 612 g/mol. The molecular weight excluding hydrogens is 575 g/mol. The van der Waals surface area contributed by atoms with Gasteiger partial charge in [0.15, 0.2) is 0 Å². The number of aryl methyl sites for hydroxylation is 2. The highest BCUT2D eigenvalue weighted by atomic mass is 19.4. The van der Waals surface area contributed by atoms with E-state index in [1.165, 1.54) is 11.8 Å². The summed E-state index contributed by atoms with van der Waals surface area (Å²) in [7, 11) is 0. The quantitative estimate of drug-likeness (QED) is 0.135. The maximum absolute atomic E-state index is 13.2. The average Bonchev–Trinajstić information content (AvgIpc) is 2.93. The third kappa shape index (κ3) is 11.5. The molecule has 2 aromatic carbocycles. The van der Waals surface area contributed by atoms with E-state index >= 15 is 0 Å². The van der Waals surface area contributed by atoms with E-state index < -0.39 is 59.1 Å². The van der Waals surface area contributed by atoms with Crippen molar-refractivity contribution in [1.82, 2.24) is 15.5 Å². The van der Waals surface area contributed by atoms with E-state index in [0.29, 0.717) is 12.5 Å². The van der Waals surface area contributed by atoms with Crippen LogP contribution in [-0.2, 0) is 27.3 Å². The van der Waals surface area contributed by atoms with Gasteiger partial charge in [-0.25, -0.2) is 0 Å². The van der Waals surface area contributed by atoms with E-state index in [9.17, 15) is 37.7 Å². The first-order chi connectivity index (χ1) is 20.2. The molecule has 0 unspecified atom stereocenters. The maximum Gasteiger partial charge on any atom is 0.573 e. The Balaban J connectivity index is 2.21. The molecule has 2 atom stereocenters. The van der Waals surface area contributed by atoms with E-state index in [2.05, 4.69) is 15.4 Å². The Morgan fingerprint density at radius 3 is 2.26 bits per heavy atom. The van der Waals surface area contributed by atoms with E-state index in [4.69, 9.17) is 17.2 Å². The molecule has 0 aliphatic heterocycles. The molecule has 0 fully saturated rings. The van der Waals surface area contributed by atoms with Crippen LogP contribution in [0.2, 0.25) is 0 Å². The minimum absolute atomic E-state index is 0.0526. The van der Waals surface area contributed by atoms with Crippen molar-refractivity contribution < 1.29 is 37.2 Å². The molecule has 0 aliphatic rings. The molecule has 43 heavy (non-hydrogen) atoms. The number of alkyl halides is 3. The molecule has 0 heterocycles. The summed E-state index contributed by atoms with van der Waals surface area (Å²) in [5.74, 6) is -2.72. The summed E-state index contributed by atoms with van der Waals surface area (Å²) in [4.78, 5) is 50.9. The minimum atomic E-state index is -5.06. The molecule has 0 radical (unpaired) electrons. The molecule has 2 aromatic rings. The van der Waals surface area contributed by atoms with Crippen LogP contribution in [0.4, 0.5) is 18.9 Å². The number of ether oxygens (including phenoxy) is 1. The number of carbonyl (C=O) groups is 3. The van der Waals surface area contributed by atoms with Gasteiger partial charge in [-0.2, -0.15) is 0 Å². The molecular formula is C27H36F3N7O6. The fourth-order valence-corrected chi connectivity index (χ4v) is 4.24. The van der Waals surface area contributed by atoms with Gasteiger partial charge in [-0.15, -0.1) is 13.2 Å². The number of hydrogen-bond acceptors (Lipinski definition) is 9. The molecule has 16 heteroatoms. The number of carbonyl (C=O) groups excluding carboxylic acids is 3. The molecule has 0 aliphatic carbocycles. The van der Waals surface area contributed by atoms with Crippen LogP contribution in [-0.4, -0.2) is 72.2 Å². The number of nitrogens with one attached hydrogen (secondary N) is 2. The maximum atomic E-state index is 13.2. The third-order valence-corrected chi connectivity index (χ3v) is 6.37. The predicted octanol–water partition coefficient (Wildman–Crippen LogP) is 0.999. The van der Waals surface area contributed by atoms with Crippen molar-refractivity contribution in [2.24, 2.45) is 17.2 Å². The number of hydrogen-bond donors (Lipinski definition) is 5. The second-order valence-electron chi connectivity index (χ2n) is 9.61. The van der Waals surface area contributed by atoms with Crippen LogP contribution in [0, 0.1) is 17.0 Å². The second kappa shape index (κ2) is 16.4. The fourth-order valence-electron chi connectivity index (χ4n) is 4.24.